The Labute approximate surface area is 123 Å². The predicted molar refractivity (Wildman–Crippen MR) is 77.1 cm³/mol. The molecule has 1 saturated heterocycles. The van der Waals surface area contributed by atoms with Gasteiger partial charge in [-0.3, -0.25) is 0 Å². The van der Waals surface area contributed by atoms with Crippen LogP contribution in [0.15, 0.2) is 42.9 Å². The Bertz CT molecular complexity index is 603. The van der Waals surface area contributed by atoms with Crippen molar-refractivity contribution >= 4 is 5.97 Å². The Morgan fingerprint density at radius 2 is 2.24 bits per heavy atom. The first-order valence-corrected chi connectivity index (χ1v) is 7.11. The molecule has 5 heteroatoms. The molecule has 1 aliphatic heterocycles. The quantitative estimate of drug-likeness (QED) is 0.810. The van der Waals surface area contributed by atoms with Crippen molar-refractivity contribution in [2.24, 2.45) is 0 Å². The van der Waals surface area contributed by atoms with E-state index in [9.17, 15) is 4.79 Å². The van der Waals surface area contributed by atoms with E-state index in [2.05, 4.69) is 4.98 Å². The van der Waals surface area contributed by atoms with Crippen LogP contribution < -0.4 is 0 Å². The van der Waals surface area contributed by atoms with Crippen LogP contribution in [0.4, 0.5) is 0 Å². The average molecular weight is 286 g/mol. The third kappa shape index (κ3) is 2.97. The highest BCUT2D eigenvalue weighted by molar-refractivity contribution is 5.87. The summed E-state index contributed by atoms with van der Waals surface area (Å²) in [6, 6.07) is 10.0. The Morgan fingerprint density at radius 3 is 2.95 bits per heavy atom. The lowest BCUT2D eigenvalue weighted by Gasteiger charge is -2.17. The molecule has 1 aromatic heterocycles. The van der Waals surface area contributed by atoms with Gasteiger partial charge in [-0.15, -0.1) is 0 Å². The summed E-state index contributed by atoms with van der Waals surface area (Å²) in [6.07, 6.45) is 3.83. The van der Waals surface area contributed by atoms with E-state index in [-0.39, 0.29) is 18.1 Å². The monoisotopic (exact) mass is 286 g/mol. The van der Waals surface area contributed by atoms with Crippen molar-refractivity contribution in [1.82, 2.24) is 9.55 Å². The summed E-state index contributed by atoms with van der Waals surface area (Å²) < 4.78 is 12.5. The van der Waals surface area contributed by atoms with Gasteiger partial charge < -0.3 is 14.0 Å². The van der Waals surface area contributed by atoms with E-state index in [4.69, 9.17) is 9.47 Å². The predicted octanol–water partition coefficient (Wildman–Crippen LogP) is 2.44. The highest BCUT2D eigenvalue weighted by atomic mass is 16.6. The normalized spacial score (nSPS) is 19.4. The van der Waals surface area contributed by atoms with Gasteiger partial charge in [0.05, 0.1) is 31.8 Å². The highest BCUT2D eigenvalue weighted by Gasteiger charge is 2.24. The zero-order valence-corrected chi connectivity index (χ0v) is 11.9. The van der Waals surface area contributed by atoms with E-state index in [0.29, 0.717) is 18.9 Å². The zero-order chi connectivity index (χ0) is 14.7. The summed E-state index contributed by atoms with van der Waals surface area (Å²) in [5.74, 6) is -0.342. The van der Waals surface area contributed by atoms with Crippen molar-refractivity contribution < 1.29 is 14.3 Å². The summed E-state index contributed by atoms with van der Waals surface area (Å²) in [6.45, 7) is 3.16. The molecule has 2 aromatic rings. The lowest BCUT2D eigenvalue weighted by molar-refractivity contribution is 0.0257. The molecule has 3 rings (SSSR count). The molecule has 0 saturated carbocycles. The molecule has 2 atom stereocenters. The summed E-state index contributed by atoms with van der Waals surface area (Å²) in [5, 5.41) is 0. The lowest BCUT2D eigenvalue weighted by atomic mass is 10.1. The number of nitrogens with zero attached hydrogens (tertiary/aromatic N) is 2. The van der Waals surface area contributed by atoms with Gasteiger partial charge in [-0.2, -0.15) is 0 Å². The van der Waals surface area contributed by atoms with Gasteiger partial charge in [-0.25, -0.2) is 9.78 Å². The molecule has 0 N–H and O–H groups in total. The first-order chi connectivity index (χ1) is 10.3. The molecule has 1 aliphatic rings. The maximum Gasteiger partial charge on any atom is 0.356 e. The van der Waals surface area contributed by atoms with E-state index in [1.807, 2.05) is 41.8 Å². The number of imidazole rings is 1. The molecule has 1 fully saturated rings. The van der Waals surface area contributed by atoms with Crippen LogP contribution in [0.3, 0.4) is 0 Å². The van der Waals surface area contributed by atoms with Crippen molar-refractivity contribution in [2.75, 3.05) is 13.2 Å². The molecule has 21 heavy (non-hydrogen) atoms. The van der Waals surface area contributed by atoms with Crippen LogP contribution in [0, 0.1) is 0 Å². The number of ether oxygens (including phenoxy) is 2. The van der Waals surface area contributed by atoms with Crippen LogP contribution in [0.2, 0.25) is 0 Å². The van der Waals surface area contributed by atoms with Gasteiger partial charge in [0.25, 0.3) is 0 Å². The topological polar surface area (TPSA) is 53.4 Å². The smallest absolute Gasteiger partial charge is 0.356 e. The molecular formula is C16H18N2O3. The van der Waals surface area contributed by atoms with Crippen molar-refractivity contribution in [3.63, 3.8) is 0 Å². The highest BCUT2D eigenvalue weighted by Crippen LogP contribution is 2.20. The molecule has 5 nitrogen and oxygen atoms in total. The van der Waals surface area contributed by atoms with Gasteiger partial charge in [0.2, 0.25) is 0 Å². The Balaban J connectivity index is 1.78. The van der Waals surface area contributed by atoms with Gasteiger partial charge in [0.1, 0.15) is 11.8 Å². The van der Waals surface area contributed by atoms with Crippen molar-refractivity contribution in [3.8, 4) is 0 Å². The van der Waals surface area contributed by atoms with Crippen LogP contribution in [-0.2, 0) is 9.47 Å². The molecular weight excluding hydrogens is 268 g/mol. The van der Waals surface area contributed by atoms with Gasteiger partial charge >= 0.3 is 5.97 Å². The number of benzene rings is 1. The molecule has 0 amide bonds. The van der Waals surface area contributed by atoms with E-state index in [1.165, 1.54) is 0 Å². The van der Waals surface area contributed by atoms with Crippen LogP contribution in [0.5, 0.6) is 0 Å². The second kappa shape index (κ2) is 6.10. The molecule has 1 aromatic carbocycles. The van der Waals surface area contributed by atoms with Crippen molar-refractivity contribution in [3.05, 3.63) is 54.1 Å². The van der Waals surface area contributed by atoms with Crippen molar-refractivity contribution in [1.29, 1.82) is 0 Å². The second-order valence-electron chi connectivity index (χ2n) is 5.16. The third-order valence-electron chi connectivity index (χ3n) is 3.74. The Kier molecular flexibility index (Phi) is 4.01. The molecule has 0 aliphatic carbocycles. The molecule has 2 heterocycles. The number of carbonyl (C=O) groups is 1. The molecule has 0 bridgehead atoms. The summed E-state index contributed by atoms with van der Waals surface area (Å²) >= 11 is 0. The first-order valence-electron chi connectivity index (χ1n) is 7.11. The largest absolute Gasteiger partial charge is 0.455 e. The van der Waals surface area contributed by atoms with Crippen LogP contribution >= 0.6 is 0 Å². The summed E-state index contributed by atoms with van der Waals surface area (Å²) in [4.78, 5) is 16.4. The van der Waals surface area contributed by atoms with E-state index in [1.54, 1.807) is 12.5 Å². The molecule has 0 radical (unpaired) electrons. The third-order valence-corrected chi connectivity index (χ3v) is 3.74. The first kappa shape index (κ1) is 13.8. The van der Waals surface area contributed by atoms with Crippen LogP contribution in [0.25, 0.3) is 0 Å². The lowest BCUT2D eigenvalue weighted by Crippen LogP contribution is -2.21. The maximum absolute atomic E-state index is 12.3. The van der Waals surface area contributed by atoms with Crippen LogP contribution in [0.1, 0.15) is 35.4 Å². The van der Waals surface area contributed by atoms with Crippen molar-refractivity contribution in [2.45, 2.75) is 25.5 Å². The van der Waals surface area contributed by atoms with E-state index < -0.39 is 0 Å². The fourth-order valence-electron chi connectivity index (χ4n) is 2.48. The SMILES string of the molecule is C[C@H](c1ccccc1)n1cncc1C(=O)O[C@@H]1CCOC1. The van der Waals surface area contributed by atoms with Crippen LogP contribution in [-0.4, -0.2) is 34.8 Å². The van der Waals surface area contributed by atoms with E-state index in [0.717, 1.165) is 12.0 Å². The Hall–Kier alpha value is -2.14. The Morgan fingerprint density at radius 1 is 1.43 bits per heavy atom. The minimum absolute atomic E-state index is 0.0241. The number of aromatic nitrogens is 2. The number of esters is 1. The maximum atomic E-state index is 12.3. The second-order valence-corrected chi connectivity index (χ2v) is 5.16. The standard InChI is InChI=1S/C16H18N2O3/c1-12(13-5-3-2-4-6-13)18-11-17-9-15(18)16(19)21-14-7-8-20-10-14/h2-6,9,11-12,14H,7-8,10H2,1H3/t12-,14-/m1/s1. The number of rotatable bonds is 4. The minimum atomic E-state index is -0.342. The summed E-state index contributed by atoms with van der Waals surface area (Å²) in [5.41, 5.74) is 1.59. The number of carbonyl (C=O) groups excluding carboxylic acids is 1. The number of hydrogen-bond acceptors (Lipinski definition) is 4. The minimum Gasteiger partial charge on any atom is -0.455 e. The molecule has 0 unspecified atom stereocenters. The van der Waals surface area contributed by atoms with Gasteiger partial charge in [0.15, 0.2) is 0 Å². The molecule has 0 spiro atoms. The molecule has 110 valence electrons. The van der Waals surface area contributed by atoms with Gasteiger partial charge in [0, 0.05) is 6.42 Å². The van der Waals surface area contributed by atoms with E-state index >= 15 is 0 Å². The fourth-order valence-corrected chi connectivity index (χ4v) is 2.48. The zero-order valence-electron chi connectivity index (χ0n) is 11.9. The average Bonchev–Trinajstić information content (AvgIpc) is 3.18. The van der Waals surface area contributed by atoms with Gasteiger partial charge in [-0.05, 0) is 12.5 Å². The fraction of sp³-hybridized carbons (Fsp3) is 0.375. The van der Waals surface area contributed by atoms with Gasteiger partial charge in [-0.1, -0.05) is 30.3 Å². The number of hydrogen-bond donors (Lipinski definition) is 0. The summed E-state index contributed by atoms with van der Waals surface area (Å²) in [7, 11) is 0.